The lowest BCUT2D eigenvalue weighted by molar-refractivity contribution is -0.115. The molecule has 1 N–H and O–H groups in total. The summed E-state index contributed by atoms with van der Waals surface area (Å²) in [6, 6.07) is 13.6. The third-order valence-electron chi connectivity index (χ3n) is 4.66. The largest absolute Gasteiger partial charge is 0.492 e. The third-order valence-corrected chi connectivity index (χ3v) is 5.69. The molecule has 0 saturated heterocycles. The molecule has 2 aromatic carbocycles. The van der Waals surface area contributed by atoms with Gasteiger partial charge in [0, 0.05) is 5.69 Å². The summed E-state index contributed by atoms with van der Waals surface area (Å²) in [5, 5.41) is 15.3. The van der Waals surface area contributed by atoms with E-state index in [1.54, 1.807) is 4.68 Å². The van der Waals surface area contributed by atoms with Crippen LogP contribution in [0.3, 0.4) is 0 Å². The second-order valence-corrected chi connectivity index (χ2v) is 8.53. The third kappa shape index (κ3) is 4.81. The van der Waals surface area contributed by atoms with E-state index in [1.807, 2.05) is 57.2 Å². The molecule has 0 aliphatic carbocycles. The summed E-state index contributed by atoms with van der Waals surface area (Å²) in [5.74, 6) is 0.905. The molecule has 0 aliphatic heterocycles. The van der Waals surface area contributed by atoms with E-state index in [1.165, 1.54) is 11.8 Å². The molecule has 158 valence electrons. The number of carbonyl (C=O) groups is 1. The molecule has 30 heavy (non-hydrogen) atoms. The van der Waals surface area contributed by atoms with E-state index in [0.717, 1.165) is 22.5 Å². The van der Waals surface area contributed by atoms with Gasteiger partial charge in [-0.05, 0) is 60.4 Å². The first-order chi connectivity index (χ1) is 14.4. The number of thioether (sulfide) groups is 1. The highest BCUT2D eigenvalue weighted by molar-refractivity contribution is 8.00. The normalized spacial score (nSPS) is 12.1. The Bertz CT molecular complexity index is 1020. The van der Waals surface area contributed by atoms with Crippen LogP contribution in [-0.2, 0) is 4.79 Å². The molecule has 1 aromatic heterocycles. The summed E-state index contributed by atoms with van der Waals surface area (Å²) in [7, 11) is 0. The molecule has 0 bridgehead atoms. The van der Waals surface area contributed by atoms with Gasteiger partial charge in [-0.3, -0.25) is 4.79 Å². The Balaban J connectivity index is 1.80. The van der Waals surface area contributed by atoms with E-state index in [0.29, 0.717) is 23.4 Å². The number of tetrazole rings is 1. The topological polar surface area (TPSA) is 81.9 Å². The molecular weight excluding hydrogens is 398 g/mol. The molecular formula is C22H27N5O2S. The second kappa shape index (κ2) is 9.75. The summed E-state index contributed by atoms with van der Waals surface area (Å²) in [6.45, 7) is 10.6. The quantitative estimate of drug-likeness (QED) is 0.531. The Morgan fingerprint density at radius 1 is 1.17 bits per heavy atom. The lowest BCUT2D eigenvalue weighted by Gasteiger charge is -2.18. The number of hydrogen-bond donors (Lipinski definition) is 1. The van der Waals surface area contributed by atoms with Gasteiger partial charge >= 0.3 is 0 Å². The molecule has 0 saturated carbocycles. The van der Waals surface area contributed by atoms with Gasteiger partial charge in [0.1, 0.15) is 11.4 Å². The number of aromatic nitrogens is 4. The Hall–Kier alpha value is -2.87. The maximum Gasteiger partial charge on any atom is 0.237 e. The van der Waals surface area contributed by atoms with E-state index in [4.69, 9.17) is 4.74 Å². The highest BCUT2D eigenvalue weighted by Crippen LogP contribution is 2.30. The Labute approximate surface area is 181 Å². The van der Waals surface area contributed by atoms with E-state index in [2.05, 4.69) is 40.8 Å². The fourth-order valence-electron chi connectivity index (χ4n) is 3.09. The number of ether oxygens (including phenoxy) is 1. The molecule has 1 unspecified atom stereocenters. The minimum absolute atomic E-state index is 0.0937. The molecule has 3 aromatic rings. The molecule has 1 amide bonds. The van der Waals surface area contributed by atoms with Gasteiger partial charge in [0.2, 0.25) is 11.1 Å². The number of hydrogen-bond acceptors (Lipinski definition) is 6. The van der Waals surface area contributed by atoms with Crippen LogP contribution in [0.4, 0.5) is 5.69 Å². The van der Waals surface area contributed by atoms with Crippen LogP contribution in [0.1, 0.15) is 44.7 Å². The maximum absolute atomic E-state index is 12.9. The number of para-hydroxylation sites is 3. The lowest BCUT2D eigenvalue weighted by atomic mass is 9.98. The fourth-order valence-corrected chi connectivity index (χ4v) is 3.89. The lowest BCUT2D eigenvalue weighted by Crippen LogP contribution is -2.24. The van der Waals surface area contributed by atoms with Crippen LogP contribution in [0.2, 0.25) is 0 Å². The number of carbonyl (C=O) groups excluding carboxylic acids is 1. The van der Waals surface area contributed by atoms with Crippen molar-refractivity contribution in [2.45, 2.75) is 50.9 Å². The van der Waals surface area contributed by atoms with Crippen molar-refractivity contribution in [2.75, 3.05) is 11.9 Å². The summed E-state index contributed by atoms with van der Waals surface area (Å²) >= 11 is 1.31. The van der Waals surface area contributed by atoms with Gasteiger partial charge in [0.25, 0.3) is 0 Å². The molecule has 0 fully saturated rings. The zero-order valence-corrected chi connectivity index (χ0v) is 18.7. The van der Waals surface area contributed by atoms with E-state index >= 15 is 0 Å². The van der Waals surface area contributed by atoms with Gasteiger partial charge in [-0.1, -0.05) is 55.9 Å². The number of amides is 1. The predicted octanol–water partition coefficient (Wildman–Crippen LogP) is 4.61. The van der Waals surface area contributed by atoms with Crippen molar-refractivity contribution in [3.8, 4) is 11.4 Å². The summed E-state index contributed by atoms with van der Waals surface area (Å²) in [6.07, 6.45) is 0. The first kappa shape index (κ1) is 21.8. The number of aryl methyl sites for hydroxylation is 1. The van der Waals surface area contributed by atoms with Crippen molar-refractivity contribution in [1.82, 2.24) is 20.2 Å². The fraction of sp³-hybridized carbons (Fsp3) is 0.364. The molecule has 8 heteroatoms. The van der Waals surface area contributed by atoms with Crippen LogP contribution < -0.4 is 10.1 Å². The van der Waals surface area contributed by atoms with Crippen LogP contribution in [0, 0.1) is 6.92 Å². The van der Waals surface area contributed by atoms with Crippen LogP contribution in [0.5, 0.6) is 5.75 Å². The van der Waals surface area contributed by atoms with E-state index < -0.39 is 5.25 Å². The molecule has 0 radical (unpaired) electrons. The van der Waals surface area contributed by atoms with Crippen LogP contribution in [-0.4, -0.2) is 38.0 Å². The number of benzene rings is 2. The van der Waals surface area contributed by atoms with Crippen molar-refractivity contribution in [3.63, 3.8) is 0 Å². The highest BCUT2D eigenvalue weighted by Gasteiger charge is 2.22. The van der Waals surface area contributed by atoms with Crippen molar-refractivity contribution < 1.29 is 9.53 Å². The number of nitrogens with one attached hydrogen (secondary N) is 1. The first-order valence-electron chi connectivity index (χ1n) is 10.00. The zero-order valence-electron chi connectivity index (χ0n) is 17.9. The molecule has 1 heterocycles. The molecule has 7 nitrogen and oxygen atoms in total. The Kier molecular flexibility index (Phi) is 7.10. The summed E-state index contributed by atoms with van der Waals surface area (Å²) in [5.41, 5.74) is 3.78. The number of nitrogens with zero attached hydrogens (tertiary/aromatic N) is 4. The Morgan fingerprint density at radius 2 is 1.93 bits per heavy atom. The highest BCUT2D eigenvalue weighted by atomic mass is 32.2. The average Bonchev–Trinajstić information content (AvgIpc) is 3.17. The van der Waals surface area contributed by atoms with Crippen LogP contribution in [0.25, 0.3) is 5.69 Å². The monoisotopic (exact) mass is 425 g/mol. The van der Waals surface area contributed by atoms with Crippen molar-refractivity contribution in [3.05, 3.63) is 53.6 Å². The smallest absolute Gasteiger partial charge is 0.237 e. The molecule has 1 atom stereocenters. The van der Waals surface area contributed by atoms with Crippen LogP contribution >= 0.6 is 11.8 Å². The second-order valence-electron chi connectivity index (χ2n) is 7.22. The van der Waals surface area contributed by atoms with Gasteiger partial charge in [-0.2, -0.15) is 4.68 Å². The van der Waals surface area contributed by atoms with Crippen LogP contribution in [0.15, 0.2) is 47.6 Å². The van der Waals surface area contributed by atoms with Gasteiger partial charge in [-0.15, -0.1) is 5.10 Å². The average molecular weight is 426 g/mol. The van der Waals surface area contributed by atoms with Crippen molar-refractivity contribution >= 4 is 23.4 Å². The standard InChI is InChI=1S/C22H27N5O2S/c1-6-29-19-13-8-7-12-18(19)27-22(24-25-26-27)30-16(5)21(28)23-20-15(4)10-9-11-17(20)14(2)3/h7-14,16H,6H2,1-5H3,(H,23,28). The van der Waals surface area contributed by atoms with Gasteiger partial charge in [-0.25, -0.2) is 0 Å². The van der Waals surface area contributed by atoms with E-state index in [-0.39, 0.29) is 5.91 Å². The van der Waals surface area contributed by atoms with Gasteiger partial charge < -0.3 is 10.1 Å². The minimum Gasteiger partial charge on any atom is -0.492 e. The van der Waals surface area contributed by atoms with E-state index in [9.17, 15) is 4.79 Å². The molecule has 0 aliphatic rings. The van der Waals surface area contributed by atoms with Gasteiger partial charge in [0.05, 0.1) is 11.9 Å². The minimum atomic E-state index is -0.395. The summed E-state index contributed by atoms with van der Waals surface area (Å²) in [4.78, 5) is 12.9. The zero-order chi connectivity index (χ0) is 21.7. The predicted molar refractivity (Wildman–Crippen MR) is 120 cm³/mol. The summed E-state index contributed by atoms with van der Waals surface area (Å²) < 4.78 is 7.29. The number of anilines is 1. The van der Waals surface area contributed by atoms with Crippen molar-refractivity contribution in [2.24, 2.45) is 0 Å². The van der Waals surface area contributed by atoms with Crippen molar-refractivity contribution in [1.29, 1.82) is 0 Å². The molecule has 0 spiro atoms. The molecule has 3 rings (SSSR count). The first-order valence-corrected chi connectivity index (χ1v) is 10.9. The Morgan fingerprint density at radius 3 is 2.67 bits per heavy atom. The van der Waals surface area contributed by atoms with Gasteiger partial charge in [0.15, 0.2) is 0 Å². The SMILES string of the molecule is CCOc1ccccc1-n1nnnc1SC(C)C(=O)Nc1c(C)cccc1C(C)C. The maximum atomic E-state index is 12.9. The number of rotatable bonds is 8.